The SMILES string of the molecule is CCCOc1ccc(CNC(=O)C2CC(=O)N(C(C)C)C2)cc1. The molecule has 0 saturated carbocycles. The Hall–Kier alpha value is -2.04. The number of ether oxygens (including phenoxy) is 1. The van der Waals surface area contributed by atoms with Gasteiger partial charge in [0.2, 0.25) is 11.8 Å². The summed E-state index contributed by atoms with van der Waals surface area (Å²) in [4.78, 5) is 25.9. The quantitative estimate of drug-likeness (QED) is 0.839. The van der Waals surface area contributed by atoms with Crippen LogP contribution in [-0.4, -0.2) is 35.9 Å². The molecule has 1 N–H and O–H groups in total. The molecule has 126 valence electrons. The molecule has 0 spiro atoms. The number of nitrogens with zero attached hydrogens (tertiary/aromatic N) is 1. The van der Waals surface area contributed by atoms with Gasteiger partial charge < -0.3 is 15.0 Å². The van der Waals surface area contributed by atoms with E-state index >= 15 is 0 Å². The van der Waals surface area contributed by atoms with Crippen molar-refractivity contribution in [2.45, 2.75) is 46.2 Å². The van der Waals surface area contributed by atoms with E-state index in [1.165, 1.54) is 0 Å². The highest BCUT2D eigenvalue weighted by atomic mass is 16.5. The molecule has 0 radical (unpaired) electrons. The van der Waals surface area contributed by atoms with Crippen LogP contribution < -0.4 is 10.1 Å². The van der Waals surface area contributed by atoms with Crippen LogP contribution in [0.25, 0.3) is 0 Å². The van der Waals surface area contributed by atoms with Crippen LogP contribution in [0.15, 0.2) is 24.3 Å². The van der Waals surface area contributed by atoms with Crippen molar-refractivity contribution in [2.24, 2.45) is 5.92 Å². The van der Waals surface area contributed by atoms with Crippen molar-refractivity contribution in [1.82, 2.24) is 10.2 Å². The minimum Gasteiger partial charge on any atom is -0.494 e. The van der Waals surface area contributed by atoms with E-state index in [4.69, 9.17) is 4.74 Å². The maximum Gasteiger partial charge on any atom is 0.225 e. The predicted molar refractivity (Wildman–Crippen MR) is 89.0 cm³/mol. The minimum atomic E-state index is -0.239. The predicted octanol–water partition coefficient (Wildman–Crippen LogP) is 2.35. The lowest BCUT2D eigenvalue weighted by molar-refractivity contribution is -0.129. The van der Waals surface area contributed by atoms with Crippen LogP contribution in [0.1, 0.15) is 39.2 Å². The van der Waals surface area contributed by atoms with Gasteiger partial charge in [-0.3, -0.25) is 9.59 Å². The number of nitrogens with one attached hydrogen (secondary N) is 1. The first-order chi connectivity index (χ1) is 11.0. The lowest BCUT2D eigenvalue weighted by atomic mass is 10.1. The molecular weight excluding hydrogens is 292 g/mol. The van der Waals surface area contributed by atoms with Crippen molar-refractivity contribution in [3.63, 3.8) is 0 Å². The normalized spacial score (nSPS) is 17.7. The van der Waals surface area contributed by atoms with Crippen LogP contribution in [0.5, 0.6) is 5.75 Å². The molecule has 1 aliphatic rings. The van der Waals surface area contributed by atoms with E-state index < -0.39 is 0 Å². The molecule has 5 heteroatoms. The van der Waals surface area contributed by atoms with E-state index in [1.807, 2.05) is 38.1 Å². The average Bonchev–Trinajstić information content (AvgIpc) is 2.94. The molecular formula is C18H26N2O3. The van der Waals surface area contributed by atoms with Crippen molar-refractivity contribution in [2.75, 3.05) is 13.2 Å². The van der Waals surface area contributed by atoms with E-state index in [1.54, 1.807) is 4.90 Å². The number of hydrogen-bond acceptors (Lipinski definition) is 3. The molecule has 2 amide bonds. The molecule has 0 aliphatic carbocycles. The Bertz CT molecular complexity index is 540. The van der Waals surface area contributed by atoms with Gasteiger partial charge in [-0.15, -0.1) is 0 Å². The zero-order chi connectivity index (χ0) is 16.8. The minimum absolute atomic E-state index is 0.0483. The molecule has 1 atom stereocenters. The number of hydrogen-bond donors (Lipinski definition) is 1. The molecule has 1 aromatic rings. The van der Waals surface area contributed by atoms with Gasteiger partial charge >= 0.3 is 0 Å². The van der Waals surface area contributed by atoms with Crippen LogP contribution in [0.2, 0.25) is 0 Å². The first kappa shape index (κ1) is 17.3. The number of carbonyl (C=O) groups excluding carboxylic acids is 2. The molecule has 0 bridgehead atoms. The van der Waals surface area contributed by atoms with Crippen LogP contribution in [-0.2, 0) is 16.1 Å². The van der Waals surface area contributed by atoms with Gasteiger partial charge in [0.1, 0.15) is 5.75 Å². The Balaban J connectivity index is 1.81. The Morgan fingerprint density at radius 1 is 1.35 bits per heavy atom. The monoisotopic (exact) mass is 318 g/mol. The van der Waals surface area contributed by atoms with Crippen molar-refractivity contribution >= 4 is 11.8 Å². The van der Waals surface area contributed by atoms with Crippen molar-refractivity contribution in [3.8, 4) is 5.75 Å². The molecule has 2 rings (SSSR count). The molecule has 0 aromatic heterocycles. The fraction of sp³-hybridized carbons (Fsp3) is 0.556. The molecule has 5 nitrogen and oxygen atoms in total. The molecule has 1 heterocycles. The Labute approximate surface area is 138 Å². The Morgan fingerprint density at radius 2 is 2.04 bits per heavy atom. The van der Waals surface area contributed by atoms with E-state index in [0.29, 0.717) is 26.1 Å². The summed E-state index contributed by atoms with van der Waals surface area (Å²) in [6, 6.07) is 7.88. The molecule has 1 saturated heterocycles. The number of benzene rings is 1. The molecule has 1 unspecified atom stereocenters. The van der Waals surface area contributed by atoms with Gasteiger partial charge in [-0.2, -0.15) is 0 Å². The third-order valence-corrected chi connectivity index (χ3v) is 4.02. The third-order valence-electron chi connectivity index (χ3n) is 4.02. The van der Waals surface area contributed by atoms with Crippen molar-refractivity contribution in [1.29, 1.82) is 0 Å². The lowest BCUT2D eigenvalue weighted by Crippen LogP contribution is -2.35. The fourth-order valence-corrected chi connectivity index (χ4v) is 2.66. The lowest BCUT2D eigenvalue weighted by Gasteiger charge is -2.20. The number of amides is 2. The largest absolute Gasteiger partial charge is 0.494 e. The fourth-order valence-electron chi connectivity index (χ4n) is 2.66. The van der Waals surface area contributed by atoms with Gasteiger partial charge in [-0.1, -0.05) is 19.1 Å². The topological polar surface area (TPSA) is 58.6 Å². The molecule has 1 fully saturated rings. The van der Waals surface area contributed by atoms with Crippen molar-refractivity contribution in [3.05, 3.63) is 29.8 Å². The summed E-state index contributed by atoms with van der Waals surface area (Å²) < 4.78 is 5.53. The van der Waals surface area contributed by atoms with Gasteiger partial charge in [-0.25, -0.2) is 0 Å². The summed E-state index contributed by atoms with van der Waals surface area (Å²) in [7, 11) is 0. The number of carbonyl (C=O) groups is 2. The highest BCUT2D eigenvalue weighted by molar-refractivity contribution is 5.89. The summed E-state index contributed by atoms with van der Waals surface area (Å²) >= 11 is 0. The zero-order valence-corrected chi connectivity index (χ0v) is 14.2. The van der Waals surface area contributed by atoms with Crippen molar-refractivity contribution < 1.29 is 14.3 Å². The standard InChI is InChI=1S/C18H26N2O3/c1-4-9-23-16-7-5-14(6-8-16)11-19-18(22)15-10-17(21)20(12-15)13(2)3/h5-8,13,15H,4,9-12H2,1-3H3,(H,19,22). The second-order valence-electron chi connectivity index (χ2n) is 6.25. The number of likely N-dealkylation sites (tertiary alicyclic amines) is 1. The molecule has 1 aliphatic heterocycles. The zero-order valence-electron chi connectivity index (χ0n) is 14.2. The molecule has 23 heavy (non-hydrogen) atoms. The van der Waals surface area contributed by atoms with E-state index in [2.05, 4.69) is 12.2 Å². The summed E-state index contributed by atoms with van der Waals surface area (Å²) in [5.41, 5.74) is 1.02. The Morgan fingerprint density at radius 3 is 2.61 bits per heavy atom. The number of rotatable bonds is 7. The summed E-state index contributed by atoms with van der Waals surface area (Å²) in [5.74, 6) is 0.623. The van der Waals surface area contributed by atoms with Gasteiger partial charge in [0.15, 0.2) is 0 Å². The van der Waals surface area contributed by atoms with E-state index in [-0.39, 0.29) is 23.8 Å². The van der Waals surface area contributed by atoms with Crippen LogP contribution in [0, 0.1) is 5.92 Å². The van der Waals surface area contributed by atoms with E-state index in [9.17, 15) is 9.59 Å². The maximum absolute atomic E-state index is 12.2. The second-order valence-corrected chi connectivity index (χ2v) is 6.25. The van der Waals surface area contributed by atoms with Gasteiger partial charge in [0, 0.05) is 25.6 Å². The maximum atomic E-state index is 12.2. The summed E-state index contributed by atoms with van der Waals surface area (Å²) in [5, 5.41) is 2.92. The van der Waals surface area contributed by atoms with Crippen LogP contribution in [0.4, 0.5) is 0 Å². The van der Waals surface area contributed by atoms with Crippen LogP contribution in [0.3, 0.4) is 0 Å². The van der Waals surface area contributed by atoms with E-state index in [0.717, 1.165) is 17.7 Å². The van der Waals surface area contributed by atoms with Gasteiger partial charge in [0.25, 0.3) is 0 Å². The highest BCUT2D eigenvalue weighted by Gasteiger charge is 2.35. The summed E-state index contributed by atoms with van der Waals surface area (Å²) in [6.07, 6.45) is 1.29. The first-order valence-electron chi connectivity index (χ1n) is 8.30. The Kier molecular flexibility index (Phi) is 6.02. The van der Waals surface area contributed by atoms with Crippen LogP contribution >= 0.6 is 0 Å². The van der Waals surface area contributed by atoms with Gasteiger partial charge in [0.05, 0.1) is 12.5 Å². The van der Waals surface area contributed by atoms with Gasteiger partial charge in [-0.05, 0) is 38.0 Å². The third kappa shape index (κ3) is 4.71. The summed E-state index contributed by atoms with van der Waals surface area (Å²) in [6.45, 7) is 7.71. The average molecular weight is 318 g/mol. The first-order valence-corrected chi connectivity index (χ1v) is 8.30. The molecule has 1 aromatic carbocycles. The second kappa shape index (κ2) is 7.99. The smallest absolute Gasteiger partial charge is 0.225 e. The highest BCUT2D eigenvalue weighted by Crippen LogP contribution is 2.20.